The number of nitrogens with one attached hydrogen (secondary N) is 1. The number of rotatable bonds is 9. The maximum atomic E-state index is 10.4. The molecule has 0 atom stereocenters. The highest BCUT2D eigenvalue weighted by molar-refractivity contribution is 5.74. The number of hydrogen-bond donors (Lipinski definition) is 2. The summed E-state index contributed by atoms with van der Waals surface area (Å²) in [6.07, 6.45) is 3.22. The molecule has 1 rings (SSSR count). The molecular formula is C12H21N3O2. The van der Waals surface area contributed by atoms with Crippen LogP contribution in [0.2, 0.25) is 0 Å². The van der Waals surface area contributed by atoms with Gasteiger partial charge in [0.1, 0.15) is 6.61 Å². The van der Waals surface area contributed by atoms with Gasteiger partial charge in [0.25, 0.3) is 0 Å². The number of nitrogens with two attached hydrogens (primary N) is 1. The summed E-state index contributed by atoms with van der Waals surface area (Å²) in [5, 5.41) is 3.26. The van der Waals surface area contributed by atoms with E-state index >= 15 is 0 Å². The smallest absolute Gasteiger partial charge is 0.243 e. The Labute approximate surface area is 102 Å². The van der Waals surface area contributed by atoms with Crippen molar-refractivity contribution in [3.05, 3.63) is 24.0 Å². The van der Waals surface area contributed by atoms with Crippen molar-refractivity contribution in [1.29, 1.82) is 0 Å². The molecule has 0 saturated heterocycles. The van der Waals surface area contributed by atoms with E-state index in [0.717, 1.165) is 19.5 Å². The molecule has 1 aromatic heterocycles. The fourth-order valence-corrected chi connectivity index (χ4v) is 1.60. The first-order valence-electron chi connectivity index (χ1n) is 5.94. The molecular weight excluding hydrogens is 218 g/mol. The van der Waals surface area contributed by atoms with Crippen molar-refractivity contribution < 1.29 is 9.53 Å². The van der Waals surface area contributed by atoms with Crippen molar-refractivity contribution in [1.82, 2.24) is 9.88 Å². The molecule has 96 valence electrons. The van der Waals surface area contributed by atoms with E-state index in [1.165, 1.54) is 5.69 Å². The van der Waals surface area contributed by atoms with Crippen molar-refractivity contribution in [3.8, 4) is 0 Å². The van der Waals surface area contributed by atoms with Crippen LogP contribution in [0.5, 0.6) is 0 Å². The minimum absolute atomic E-state index is 0.00606. The van der Waals surface area contributed by atoms with Crippen molar-refractivity contribution in [2.45, 2.75) is 26.4 Å². The molecule has 5 heteroatoms. The Morgan fingerprint density at radius 2 is 2.41 bits per heavy atom. The monoisotopic (exact) mass is 239 g/mol. The first-order valence-corrected chi connectivity index (χ1v) is 5.94. The van der Waals surface area contributed by atoms with Crippen LogP contribution in [0.15, 0.2) is 18.3 Å². The van der Waals surface area contributed by atoms with Gasteiger partial charge in [-0.1, -0.05) is 6.92 Å². The van der Waals surface area contributed by atoms with Gasteiger partial charge >= 0.3 is 0 Å². The first-order chi connectivity index (χ1) is 8.24. The van der Waals surface area contributed by atoms with Gasteiger partial charge in [-0.3, -0.25) is 4.79 Å². The molecule has 0 radical (unpaired) electrons. The third kappa shape index (κ3) is 5.51. The predicted octanol–water partition coefficient (Wildman–Crippen LogP) is 0.490. The number of nitrogens with zero attached hydrogens (tertiary/aromatic N) is 1. The summed E-state index contributed by atoms with van der Waals surface area (Å²) >= 11 is 0. The summed E-state index contributed by atoms with van der Waals surface area (Å²) in [5.74, 6) is -0.429. The molecule has 0 aliphatic heterocycles. The Balaban J connectivity index is 2.13. The average Bonchev–Trinajstić information content (AvgIpc) is 2.71. The number of aryl methyl sites for hydroxylation is 1. The van der Waals surface area contributed by atoms with E-state index in [-0.39, 0.29) is 6.61 Å². The standard InChI is InChI=1S/C12H21N3O2/c1-2-6-15-7-3-4-11(15)9-14-5-8-17-10-12(13)16/h3-4,7,14H,2,5-6,8-10H2,1H3,(H2,13,16). The highest BCUT2D eigenvalue weighted by Gasteiger charge is 1.99. The minimum Gasteiger partial charge on any atom is -0.370 e. The van der Waals surface area contributed by atoms with Crippen molar-refractivity contribution >= 4 is 5.91 Å². The highest BCUT2D eigenvalue weighted by Crippen LogP contribution is 2.02. The minimum atomic E-state index is -0.429. The van der Waals surface area contributed by atoms with Crippen LogP contribution in [0.4, 0.5) is 0 Å². The van der Waals surface area contributed by atoms with Gasteiger partial charge in [0.05, 0.1) is 6.61 Å². The fraction of sp³-hybridized carbons (Fsp3) is 0.583. The van der Waals surface area contributed by atoms with E-state index in [4.69, 9.17) is 10.5 Å². The zero-order chi connectivity index (χ0) is 12.5. The summed E-state index contributed by atoms with van der Waals surface area (Å²) in [5.41, 5.74) is 6.22. The molecule has 0 bridgehead atoms. The van der Waals surface area contributed by atoms with E-state index in [9.17, 15) is 4.79 Å². The van der Waals surface area contributed by atoms with Crippen LogP contribution in [0.3, 0.4) is 0 Å². The maximum Gasteiger partial charge on any atom is 0.243 e. The van der Waals surface area contributed by atoms with Gasteiger partial charge in [-0.05, 0) is 18.6 Å². The number of ether oxygens (including phenoxy) is 1. The predicted molar refractivity (Wildman–Crippen MR) is 66.4 cm³/mol. The summed E-state index contributed by atoms with van der Waals surface area (Å²) in [4.78, 5) is 10.4. The van der Waals surface area contributed by atoms with Crippen LogP contribution < -0.4 is 11.1 Å². The second kappa shape index (κ2) is 7.86. The summed E-state index contributed by atoms with van der Waals surface area (Å²) in [6.45, 7) is 5.22. The molecule has 0 aliphatic carbocycles. The Hall–Kier alpha value is -1.33. The Bertz CT molecular complexity index is 336. The molecule has 0 saturated carbocycles. The lowest BCUT2D eigenvalue weighted by molar-refractivity contribution is -0.122. The molecule has 3 N–H and O–H groups in total. The average molecular weight is 239 g/mol. The van der Waals surface area contributed by atoms with Gasteiger partial charge < -0.3 is 20.4 Å². The lowest BCUT2D eigenvalue weighted by Crippen LogP contribution is -2.24. The highest BCUT2D eigenvalue weighted by atomic mass is 16.5. The lowest BCUT2D eigenvalue weighted by Gasteiger charge is -2.09. The Kier molecular flexibility index (Phi) is 6.35. The van der Waals surface area contributed by atoms with Gasteiger partial charge in [-0.15, -0.1) is 0 Å². The van der Waals surface area contributed by atoms with Crippen molar-refractivity contribution in [3.63, 3.8) is 0 Å². The number of carbonyl (C=O) groups excluding carboxylic acids is 1. The summed E-state index contributed by atoms with van der Waals surface area (Å²) in [7, 11) is 0. The van der Waals surface area contributed by atoms with Crippen LogP contribution >= 0.6 is 0 Å². The first kappa shape index (κ1) is 13.7. The van der Waals surface area contributed by atoms with Crippen LogP contribution in [0.1, 0.15) is 19.0 Å². The van der Waals surface area contributed by atoms with Gasteiger partial charge in [0.2, 0.25) is 5.91 Å². The Morgan fingerprint density at radius 1 is 1.59 bits per heavy atom. The largest absolute Gasteiger partial charge is 0.370 e. The quantitative estimate of drug-likeness (QED) is 0.616. The van der Waals surface area contributed by atoms with E-state index in [2.05, 4.69) is 35.1 Å². The normalized spacial score (nSPS) is 10.6. The van der Waals surface area contributed by atoms with E-state index in [1.54, 1.807) is 0 Å². The number of primary amides is 1. The zero-order valence-electron chi connectivity index (χ0n) is 10.3. The van der Waals surface area contributed by atoms with Gasteiger partial charge in [0.15, 0.2) is 0 Å². The number of carbonyl (C=O) groups is 1. The topological polar surface area (TPSA) is 69.3 Å². The molecule has 0 spiro atoms. The summed E-state index contributed by atoms with van der Waals surface area (Å²) in [6, 6.07) is 4.16. The van der Waals surface area contributed by atoms with Crippen LogP contribution in [-0.4, -0.2) is 30.2 Å². The fourth-order valence-electron chi connectivity index (χ4n) is 1.60. The van der Waals surface area contributed by atoms with E-state index < -0.39 is 5.91 Å². The van der Waals surface area contributed by atoms with E-state index in [1.807, 2.05) is 0 Å². The molecule has 1 heterocycles. The number of hydrogen-bond acceptors (Lipinski definition) is 3. The van der Waals surface area contributed by atoms with Crippen molar-refractivity contribution in [2.75, 3.05) is 19.8 Å². The van der Waals surface area contributed by atoms with E-state index in [0.29, 0.717) is 13.2 Å². The van der Waals surface area contributed by atoms with Gasteiger partial charge in [0, 0.05) is 31.5 Å². The van der Waals surface area contributed by atoms with Gasteiger partial charge in [-0.25, -0.2) is 0 Å². The molecule has 1 aromatic rings. The lowest BCUT2D eigenvalue weighted by atomic mass is 10.4. The van der Waals surface area contributed by atoms with Crippen LogP contribution in [0, 0.1) is 0 Å². The van der Waals surface area contributed by atoms with Crippen molar-refractivity contribution in [2.24, 2.45) is 5.73 Å². The maximum absolute atomic E-state index is 10.4. The summed E-state index contributed by atoms with van der Waals surface area (Å²) < 4.78 is 7.28. The molecule has 0 fully saturated rings. The molecule has 5 nitrogen and oxygen atoms in total. The molecule has 0 aromatic carbocycles. The number of amides is 1. The molecule has 1 amide bonds. The van der Waals surface area contributed by atoms with Crippen LogP contribution in [-0.2, 0) is 22.6 Å². The third-order valence-corrected chi connectivity index (χ3v) is 2.36. The molecule has 0 aliphatic rings. The third-order valence-electron chi connectivity index (χ3n) is 2.36. The Morgan fingerprint density at radius 3 is 3.12 bits per heavy atom. The van der Waals surface area contributed by atoms with Gasteiger partial charge in [-0.2, -0.15) is 0 Å². The molecule has 17 heavy (non-hydrogen) atoms. The second-order valence-corrected chi connectivity index (χ2v) is 3.89. The number of aromatic nitrogens is 1. The zero-order valence-corrected chi connectivity index (χ0v) is 10.3. The van der Waals surface area contributed by atoms with Crippen LogP contribution in [0.25, 0.3) is 0 Å². The molecule has 0 unspecified atom stereocenters. The second-order valence-electron chi connectivity index (χ2n) is 3.89. The SMILES string of the molecule is CCCn1cccc1CNCCOCC(N)=O.